The van der Waals surface area contributed by atoms with Crippen LogP contribution in [0.2, 0.25) is 19.1 Å². The van der Waals surface area contributed by atoms with Gasteiger partial charge in [0, 0.05) is 7.11 Å². The molecule has 0 aliphatic carbocycles. The standard InChI is InChI=1S/C10H22F2O2Si/c1-5-6-7-15(3,4)14-9-10(11,12)8-13-2/h5-9H2,1-4H3. The van der Waals surface area contributed by atoms with Crippen LogP contribution in [0.25, 0.3) is 0 Å². The van der Waals surface area contributed by atoms with E-state index < -0.39 is 27.5 Å². The van der Waals surface area contributed by atoms with Crippen molar-refractivity contribution in [1.82, 2.24) is 0 Å². The van der Waals surface area contributed by atoms with Gasteiger partial charge >= 0.3 is 0 Å². The fraction of sp³-hybridized carbons (Fsp3) is 1.00. The first kappa shape index (κ1) is 15.0. The highest BCUT2D eigenvalue weighted by Gasteiger charge is 2.33. The third-order valence-electron chi connectivity index (χ3n) is 2.16. The second-order valence-electron chi connectivity index (χ2n) is 4.44. The quantitative estimate of drug-likeness (QED) is 0.606. The van der Waals surface area contributed by atoms with E-state index in [1.165, 1.54) is 7.11 Å². The lowest BCUT2D eigenvalue weighted by Crippen LogP contribution is -2.38. The van der Waals surface area contributed by atoms with Crippen LogP contribution in [0.5, 0.6) is 0 Å². The molecule has 0 fully saturated rings. The minimum absolute atomic E-state index is 0.510. The Morgan fingerprint density at radius 3 is 2.27 bits per heavy atom. The molecular weight excluding hydrogens is 218 g/mol. The number of hydrogen-bond donors (Lipinski definition) is 0. The van der Waals surface area contributed by atoms with Crippen LogP contribution >= 0.6 is 0 Å². The van der Waals surface area contributed by atoms with Crippen molar-refractivity contribution in [2.24, 2.45) is 0 Å². The zero-order valence-electron chi connectivity index (χ0n) is 10.1. The Balaban J connectivity index is 3.90. The number of ether oxygens (including phenoxy) is 1. The number of halogens is 2. The lowest BCUT2D eigenvalue weighted by atomic mass is 10.4. The van der Waals surface area contributed by atoms with Crippen LogP contribution in [0.4, 0.5) is 8.78 Å². The third-order valence-corrected chi connectivity index (χ3v) is 4.65. The minimum Gasteiger partial charge on any atom is -0.411 e. The van der Waals surface area contributed by atoms with Crippen LogP contribution in [0.15, 0.2) is 0 Å². The first-order valence-corrected chi connectivity index (χ1v) is 8.45. The van der Waals surface area contributed by atoms with E-state index in [1.807, 2.05) is 13.1 Å². The fourth-order valence-corrected chi connectivity index (χ4v) is 3.18. The highest BCUT2D eigenvalue weighted by molar-refractivity contribution is 6.71. The van der Waals surface area contributed by atoms with Crippen LogP contribution in [-0.4, -0.2) is 34.6 Å². The molecule has 0 saturated heterocycles. The second-order valence-corrected chi connectivity index (χ2v) is 8.75. The van der Waals surface area contributed by atoms with Crippen molar-refractivity contribution in [3.8, 4) is 0 Å². The van der Waals surface area contributed by atoms with E-state index in [1.54, 1.807) is 0 Å². The third kappa shape index (κ3) is 7.87. The minimum atomic E-state index is -2.86. The summed E-state index contributed by atoms with van der Waals surface area (Å²) >= 11 is 0. The van der Waals surface area contributed by atoms with Crippen molar-refractivity contribution in [3.63, 3.8) is 0 Å². The van der Waals surface area contributed by atoms with Gasteiger partial charge in [-0.3, -0.25) is 0 Å². The summed E-state index contributed by atoms with van der Waals surface area (Å²) in [5, 5.41) is 0. The molecule has 0 spiro atoms. The molecule has 92 valence electrons. The van der Waals surface area contributed by atoms with E-state index in [0.29, 0.717) is 0 Å². The molecule has 0 saturated carbocycles. The van der Waals surface area contributed by atoms with Gasteiger partial charge < -0.3 is 9.16 Å². The number of unbranched alkanes of at least 4 members (excludes halogenated alkanes) is 1. The van der Waals surface area contributed by atoms with Gasteiger partial charge in [0.25, 0.3) is 5.92 Å². The zero-order valence-corrected chi connectivity index (χ0v) is 11.1. The van der Waals surface area contributed by atoms with Crippen LogP contribution in [0, 0.1) is 0 Å². The molecule has 0 radical (unpaired) electrons. The lowest BCUT2D eigenvalue weighted by molar-refractivity contribution is -0.0932. The molecule has 0 rings (SSSR count). The van der Waals surface area contributed by atoms with Gasteiger partial charge in [-0.2, -0.15) is 0 Å². The Morgan fingerprint density at radius 1 is 1.20 bits per heavy atom. The summed E-state index contributed by atoms with van der Waals surface area (Å²) in [6.45, 7) is 4.97. The van der Waals surface area contributed by atoms with E-state index in [0.717, 1.165) is 18.9 Å². The van der Waals surface area contributed by atoms with Gasteiger partial charge in [0.15, 0.2) is 8.32 Å². The van der Waals surface area contributed by atoms with E-state index in [-0.39, 0.29) is 0 Å². The normalized spacial score (nSPS) is 13.2. The molecule has 0 atom stereocenters. The molecule has 0 N–H and O–H groups in total. The second kappa shape index (κ2) is 6.55. The summed E-state index contributed by atoms with van der Waals surface area (Å²) in [7, 11) is -0.627. The van der Waals surface area contributed by atoms with Crippen molar-refractivity contribution in [3.05, 3.63) is 0 Å². The van der Waals surface area contributed by atoms with Crippen LogP contribution < -0.4 is 0 Å². The van der Waals surface area contributed by atoms with Crippen LogP contribution in [0.1, 0.15) is 19.8 Å². The summed E-state index contributed by atoms with van der Waals surface area (Å²) in [6, 6.07) is 0.937. The zero-order chi connectivity index (χ0) is 11.9. The Kier molecular flexibility index (Phi) is 6.55. The molecule has 0 aromatic carbocycles. The molecule has 0 aromatic rings. The predicted octanol–water partition coefficient (Wildman–Crippen LogP) is 3.29. The molecule has 0 aliphatic rings. The predicted molar refractivity (Wildman–Crippen MR) is 60.0 cm³/mol. The molecule has 15 heavy (non-hydrogen) atoms. The molecule has 0 bridgehead atoms. The Bertz CT molecular complexity index is 175. The first-order valence-electron chi connectivity index (χ1n) is 5.34. The molecule has 0 aromatic heterocycles. The summed E-state index contributed by atoms with van der Waals surface area (Å²) in [6.07, 6.45) is 2.13. The van der Waals surface area contributed by atoms with Crippen LogP contribution in [-0.2, 0) is 9.16 Å². The van der Waals surface area contributed by atoms with Crippen molar-refractivity contribution in [1.29, 1.82) is 0 Å². The highest BCUT2D eigenvalue weighted by Crippen LogP contribution is 2.20. The average Bonchev–Trinajstić information content (AvgIpc) is 2.12. The van der Waals surface area contributed by atoms with Crippen LogP contribution in [0.3, 0.4) is 0 Å². The molecular formula is C10H22F2O2Si. The van der Waals surface area contributed by atoms with E-state index in [9.17, 15) is 8.78 Å². The largest absolute Gasteiger partial charge is 0.411 e. The van der Waals surface area contributed by atoms with Gasteiger partial charge in [-0.05, 0) is 19.1 Å². The maximum atomic E-state index is 13.0. The van der Waals surface area contributed by atoms with Gasteiger partial charge in [-0.1, -0.05) is 19.8 Å². The van der Waals surface area contributed by atoms with E-state index in [2.05, 4.69) is 11.7 Å². The molecule has 0 amide bonds. The first-order chi connectivity index (χ1) is 6.83. The van der Waals surface area contributed by atoms with Crippen molar-refractivity contribution in [2.75, 3.05) is 20.3 Å². The summed E-state index contributed by atoms with van der Waals surface area (Å²) in [5.41, 5.74) is 0. The molecule has 0 heterocycles. The summed E-state index contributed by atoms with van der Waals surface area (Å²) in [4.78, 5) is 0. The van der Waals surface area contributed by atoms with Gasteiger partial charge in [0.1, 0.15) is 13.2 Å². The maximum absolute atomic E-state index is 13.0. The summed E-state index contributed by atoms with van der Waals surface area (Å²) < 4.78 is 35.9. The summed E-state index contributed by atoms with van der Waals surface area (Å²) in [5.74, 6) is -2.86. The Hall–Kier alpha value is -0.00312. The average molecular weight is 240 g/mol. The molecule has 5 heteroatoms. The Labute approximate surface area is 92.1 Å². The van der Waals surface area contributed by atoms with E-state index >= 15 is 0 Å². The van der Waals surface area contributed by atoms with Crippen molar-refractivity contribution in [2.45, 2.75) is 44.8 Å². The molecule has 0 aliphatic heterocycles. The lowest BCUT2D eigenvalue weighted by Gasteiger charge is -2.25. The topological polar surface area (TPSA) is 18.5 Å². The monoisotopic (exact) mass is 240 g/mol. The molecule has 2 nitrogen and oxygen atoms in total. The SMILES string of the molecule is CCCC[Si](C)(C)OCC(F)(F)COC. The van der Waals surface area contributed by atoms with E-state index in [4.69, 9.17) is 4.43 Å². The number of hydrogen-bond acceptors (Lipinski definition) is 2. The number of alkyl halides is 2. The van der Waals surface area contributed by atoms with Gasteiger partial charge in [-0.15, -0.1) is 0 Å². The van der Waals surface area contributed by atoms with Gasteiger partial charge in [0.2, 0.25) is 0 Å². The van der Waals surface area contributed by atoms with Gasteiger partial charge in [0.05, 0.1) is 0 Å². The fourth-order valence-electron chi connectivity index (χ4n) is 1.23. The number of rotatable bonds is 8. The van der Waals surface area contributed by atoms with Crippen molar-refractivity contribution >= 4 is 8.32 Å². The van der Waals surface area contributed by atoms with Crippen molar-refractivity contribution < 1.29 is 17.9 Å². The highest BCUT2D eigenvalue weighted by atomic mass is 28.4. The van der Waals surface area contributed by atoms with Gasteiger partial charge in [-0.25, -0.2) is 8.78 Å². The molecule has 0 unspecified atom stereocenters. The Morgan fingerprint density at radius 2 is 1.80 bits per heavy atom. The smallest absolute Gasteiger partial charge is 0.292 e. The maximum Gasteiger partial charge on any atom is 0.292 e. The number of methoxy groups -OCH3 is 1.